The van der Waals surface area contributed by atoms with Gasteiger partial charge in [-0.3, -0.25) is 14.9 Å². The minimum absolute atomic E-state index is 0.00644. The van der Waals surface area contributed by atoms with Crippen molar-refractivity contribution in [2.45, 2.75) is 6.92 Å². The number of amides is 1. The monoisotopic (exact) mass is 297 g/mol. The molecule has 2 rings (SSSR count). The molecule has 1 fully saturated rings. The fourth-order valence-electron chi connectivity index (χ4n) is 2.31. The summed E-state index contributed by atoms with van der Waals surface area (Å²) in [6.45, 7) is 5.75. The van der Waals surface area contributed by atoms with Crippen LogP contribution in [0.4, 0.5) is 5.69 Å². The zero-order chi connectivity index (χ0) is 14.7. The zero-order valence-corrected chi connectivity index (χ0v) is 12.0. The van der Waals surface area contributed by atoms with Crippen molar-refractivity contribution in [3.8, 4) is 0 Å². The molecule has 0 aliphatic carbocycles. The van der Waals surface area contributed by atoms with Crippen LogP contribution in [0.25, 0.3) is 0 Å². The van der Waals surface area contributed by atoms with E-state index >= 15 is 0 Å². The van der Waals surface area contributed by atoms with Crippen molar-refractivity contribution in [3.05, 3.63) is 38.9 Å². The molecule has 1 aliphatic heterocycles. The molecule has 7 heteroatoms. The third kappa shape index (κ3) is 2.91. The van der Waals surface area contributed by atoms with Gasteiger partial charge in [-0.15, -0.1) is 0 Å². The molecule has 1 amide bonds. The fourth-order valence-corrected chi connectivity index (χ4v) is 2.55. The summed E-state index contributed by atoms with van der Waals surface area (Å²) in [4.78, 5) is 26.8. The van der Waals surface area contributed by atoms with E-state index in [1.807, 2.05) is 0 Å². The maximum absolute atomic E-state index is 12.4. The van der Waals surface area contributed by atoms with Gasteiger partial charge >= 0.3 is 5.69 Å². The summed E-state index contributed by atoms with van der Waals surface area (Å²) in [6.07, 6.45) is 0. The molecule has 108 valence electrons. The maximum atomic E-state index is 12.4. The molecule has 0 aromatic heterocycles. The Kier molecular flexibility index (Phi) is 4.57. The number of nitro benzene ring substituents is 1. The Balaban J connectivity index is 2.22. The fraction of sp³-hybridized carbons (Fsp3) is 0.462. The van der Waals surface area contributed by atoms with Gasteiger partial charge in [-0.05, 0) is 18.7 Å². The molecule has 1 aromatic carbocycles. The van der Waals surface area contributed by atoms with Crippen LogP contribution in [-0.2, 0) is 0 Å². The van der Waals surface area contributed by atoms with Gasteiger partial charge in [0.25, 0.3) is 5.91 Å². The van der Waals surface area contributed by atoms with Gasteiger partial charge in [0.05, 0.1) is 4.92 Å². The van der Waals surface area contributed by atoms with E-state index in [-0.39, 0.29) is 22.2 Å². The molecule has 1 aromatic rings. The van der Waals surface area contributed by atoms with E-state index in [0.717, 1.165) is 19.6 Å². The number of rotatable bonds is 3. The number of carbonyl (C=O) groups excluding carboxylic acids is 1. The minimum Gasteiger partial charge on any atom is -0.336 e. The molecular weight excluding hydrogens is 282 g/mol. The van der Waals surface area contributed by atoms with E-state index in [4.69, 9.17) is 11.6 Å². The Bertz CT molecular complexity index is 528. The van der Waals surface area contributed by atoms with Gasteiger partial charge in [0, 0.05) is 26.2 Å². The standard InChI is InChI=1S/C13H16ClN3O3/c1-2-15-6-8-16(9-7-15)13(18)10-4-3-5-11(14)12(10)17(19)20/h3-5H,2,6-9H2,1H3. The number of nitro groups is 1. The molecule has 0 saturated carbocycles. The first-order valence-corrected chi connectivity index (χ1v) is 6.87. The van der Waals surface area contributed by atoms with Crippen molar-refractivity contribution in [1.82, 2.24) is 9.80 Å². The number of nitrogens with zero attached hydrogens (tertiary/aromatic N) is 3. The van der Waals surface area contributed by atoms with E-state index in [9.17, 15) is 14.9 Å². The summed E-state index contributed by atoms with van der Waals surface area (Å²) < 4.78 is 0. The number of hydrogen-bond donors (Lipinski definition) is 0. The molecule has 0 spiro atoms. The largest absolute Gasteiger partial charge is 0.336 e. The van der Waals surface area contributed by atoms with E-state index < -0.39 is 4.92 Å². The van der Waals surface area contributed by atoms with Crippen LogP contribution in [0.15, 0.2) is 18.2 Å². The lowest BCUT2D eigenvalue weighted by Gasteiger charge is -2.34. The molecule has 0 unspecified atom stereocenters. The second-order valence-corrected chi connectivity index (χ2v) is 5.03. The van der Waals surface area contributed by atoms with Crippen LogP contribution >= 0.6 is 11.6 Å². The lowest BCUT2D eigenvalue weighted by molar-refractivity contribution is -0.385. The highest BCUT2D eigenvalue weighted by molar-refractivity contribution is 6.33. The topological polar surface area (TPSA) is 66.7 Å². The number of benzene rings is 1. The van der Waals surface area contributed by atoms with E-state index in [1.165, 1.54) is 12.1 Å². The summed E-state index contributed by atoms with van der Waals surface area (Å²) in [6, 6.07) is 4.44. The van der Waals surface area contributed by atoms with Gasteiger partial charge in [0.15, 0.2) is 0 Å². The molecule has 20 heavy (non-hydrogen) atoms. The molecule has 0 atom stereocenters. The highest BCUT2D eigenvalue weighted by Crippen LogP contribution is 2.29. The SMILES string of the molecule is CCN1CCN(C(=O)c2cccc(Cl)c2[N+](=O)[O-])CC1. The average molecular weight is 298 g/mol. The summed E-state index contributed by atoms with van der Waals surface area (Å²) in [5, 5.41) is 11.1. The van der Waals surface area contributed by atoms with Gasteiger partial charge in [0.1, 0.15) is 10.6 Å². The first kappa shape index (κ1) is 14.7. The second kappa shape index (κ2) is 6.19. The van der Waals surface area contributed by atoms with Gasteiger partial charge in [-0.1, -0.05) is 24.6 Å². The second-order valence-electron chi connectivity index (χ2n) is 4.62. The summed E-state index contributed by atoms with van der Waals surface area (Å²) in [7, 11) is 0. The molecule has 6 nitrogen and oxygen atoms in total. The Morgan fingerprint density at radius 2 is 2.00 bits per heavy atom. The smallest absolute Gasteiger partial charge is 0.300 e. The third-order valence-corrected chi connectivity index (χ3v) is 3.81. The van der Waals surface area contributed by atoms with Crippen molar-refractivity contribution in [1.29, 1.82) is 0 Å². The van der Waals surface area contributed by atoms with Gasteiger partial charge in [0.2, 0.25) is 0 Å². The molecule has 1 saturated heterocycles. The molecular formula is C13H16ClN3O3. The quantitative estimate of drug-likeness (QED) is 0.632. The van der Waals surface area contributed by atoms with Crippen molar-refractivity contribution in [3.63, 3.8) is 0 Å². The van der Waals surface area contributed by atoms with E-state index in [0.29, 0.717) is 13.1 Å². The van der Waals surface area contributed by atoms with Crippen molar-refractivity contribution < 1.29 is 9.72 Å². The van der Waals surface area contributed by atoms with Crippen LogP contribution < -0.4 is 0 Å². The Morgan fingerprint density at radius 3 is 2.55 bits per heavy atom. The highest BCUT2D eigenvalue weighted by atomic mass is 35.5. The zero-order valence-electron chi connectivity index (χ0n) is 11.2. The van der Waals surface area contributed by atoms with E-state index in [2.05, 4.69) is 11.8 Å². The van der Waals surface area contributed by atoms with Crippen LogP contribution in [0, 0.1) is 10.1 Å². The minimum atomic E-state index is -0.599. The van der Waals surface area contributed by atoms with Gasteiger partial charge in [-0.2, -0.15) is 0 Å². The Morgan fingerprint density at radius 1 is 1.35 bits per heavy atom. The van der Waals surface area contributed by atoms with Crippen molar-refractivity contribution in [2.24, 2.45) is 0 Å². The number of piperazine rings is 1. The van der Waals surface area contributed by atoms with E-state index in [1.54, 1.807) is 11.0 Å². The van der Waals surface area contributed by atoms with Crippen LogP contribution in [-0.4, -0.2) is 53.4 Å². The predicted molar refractivity (Wildman–Crippen MR) is 76.1 cm³/mol. The number of para-hydroxylation sites is 1. The van der Waals surface area contributed by atoms with Crippen LogP contribution in [0.3, 0.4) is 0 Å². The lowest BCUT2D eigenvalue weighted by atomic mass is 10.1. The summed E-state index contributed by atoms with van der Waals surface area (Å²) in [5.74, 6) is -0.324. The molecule has 1 heterocycles. The Labute approximate surface area is 122 Å². The van der Waals surface area contributed by atoms with Gasteiger partial charge in [-0.25, -0.2) is 0 Å². The molecule has 1 aliphatic rings. The number of carbonyl (C=O) groups is 1. The molecule has 0 N–H and O–H groups in total. The highest BCUT2D eigenvalue weighted by Gasteiger charge is 2.28. The Hall–Kier alpha value is -1.66. The first-order chi connectivity index (χ1) is 9.54. The number of likely N-dealkylation sites (N-methyl/N-ethyl adjacent to an activating group) is 1. The molecule has 0 radical (unpaired) electrons. The van der Waals surface area contributed by atoms with Crippen molar-refractivity contribution >= 4 is 23.2 Å². The first-order valence-electron chi connectivity index (χ1n) is 6.49. The lowest BCUT2D eigenvalue weighted by Crippen LogP contribution is -2.48. The average Bonchev–Trinajstić information content (AvgIpc) is 2.46. The maximum Gasteiger partial charge on any atom is 0.300 e. The predicted octanol–water partition coefficient (Wildman–Crippen LogP) is 2.03. The number of hydrogen-bond acceptors (Lipinski definition) is 4. The number of halogens is 1. The normalized spacial score (nSPS) is 16.2. The molecule has 0 bridgehead atoms. The third-order valence-electron chi connectivity index (χ3n) is 3.51. The summed E-state index contributed by atoms with van der Waals surface area (Å²) >= 11 is 5.83. The van der Waals surface area contributed by atoms with Gasteiger partial charge < -0.3 is 9.80 Å². The van der Waals surface area contributed by atoms with Crippen LogP contribution in [0.1, 0.15) is 17.3 Å². The summed E-state index contributed by atoms with van der Waals surface area (Å²) in [5.41, 5.74) is -0.246. The van der Waals surface area contributed by atoms with Crippen molar-refractivity contribution in [2.75, 3.05) is 32.7 Å². The van der Waals surface area contributed by atoms with Crippen LogP contribution in [0.2, 0.25) is 5.02 Å². The van der Waals surface area contributed by atoms with Crippen LogP contribution in [0.5, 0.6) is 0 Å².